The Morgan fingerprint density at radius 3 is 2.71 bits per heavy atom. The lowest BCUT2D eigenvalue weighted by Gasteiger charge is -2.58. The van der Waals surface area contributed by atoms with Crippen molar-refractivity contribution in [2.75, 3.05) is 6.61 Å². The van der Waals surface area contributed by atoms with E-state index in [-0.39, 0.29) is 29.7 Å². The molecule has 0 radical (unpaired) electrons. The number of hydrogen-bond donors (Lipinski definition) is 1. The zero-order valence-electron chi connectivity index (χ0n) is 25.3. The van der Waals surface area contributed by atoms with Crippen LogP contribution in [0.3, 0.4) is 0 Å². The number of rotatable bonds is 3. The molecule has 4 aliphatic carbocycles. The minimum absolute atomic E-state index is 0.116. The highest BCUT2D eigenvalue weighted by atomic mass is 19.1. The van der Waals surface area contributed by atoms with Gasteiger partial charge in [-0.25, -0.2) is 9.18 Å². The molecule has 3 saturated carbocycles. The summed E-state index contributed by atoms with van der Waals surface area (Å²) in [4.78, 5) is 12.6. The Hall–Kier alpha value is -1.92. The fourth-order valence-corrected chi connectivity index (χ4v) is 10.7. The number of carbonyl (C=O) groups excluding carboxylic acids is 1. The van der Waals surface area contributed by atoms with Gasteiger partial charge >= 0.3 is 6.09 Å². The van der Waals surface area contributed by atoms with Crippen molar-refractivity contribution in [1.29, 1.82) is 0 Å². The first-order valence-electron chi connectivity index (χ1n) is 16.3. The number of amides is 1. The number of nitrogens with one attached hydrogen (secondary N) is 1. The van der Waals surface area contributed by atoms with Crippen LogP contribution in [0.1, 0.15) is 91.0 Å². The number of benzene rings is 1. The molecule has 2 saturated heterocycles. The molecule has 1 aromatic rings. The van der Waals surface area contributed by atoms with Crippen molar-refractivity contribution in [2.45, 2.75) is 110 Å². The molecule has 0 bridgehead atoms. The summed E-state index contributed by atoms with van der Waals surface area (Å²) in [6.45, 7) is 10.8. The van der Waals surface area contributed by atoms with E-state index in [4.69, 9.17) is 14.2 Å². The molecule has 1 aromatic carbocycles. The summed E-state index contributed by atoms with van der Waals surface area (Å²) in [5.41, 5.74) is 2.46. The molecule has 41 heavy (non-hydrogen) atoms. The second-order valence-electron chi connectivity index (χ2n) is 15.0. The van der Waals surface area contributed by atoms with E-state index in [1.54, 1.807) is 18.2 Å². The lowest BCUT2D eigenvalue weighted by Crippen LogP contribution is -2.52. The monoisotopic (exact) mass is 565 g/mol. The highest BCUT2D eigenvalue weighted by Crippen LogP contribution is 2.70. The van der Waals surface area contributed by atoms with Gasteiger partial charge in [-0.1, -0.05) is 57.5 Å². The summed E-state index contributed by atoms with van der Waals surface area (Å²) < 4.78 is 33.2. The molecule has 2 heterocycles. The molecule has 1 amide bonds. The third-order valence-electron chi connectivity index (χ3n) is 13.0. The fourth-order valence-electron chi connectivity index (χ4n) is 10.7. The van der Waals surface area contributed by atoms with E-state index < -0.39 is 6.09 Å². The topological polar surface area (TPSA) is 56.8 Å². The van der Waals surface area contributed by atoms with Gasteiger partial charge in [-0.15, -0.1) is 0 Å². The van der Waals surface area contributed by atoms with Crippen LogP contribution < -0.4 is 5.32 Å². The Bertz CT molecular complexity index is 1210. The molecule has 0 aromatic heterocycles. The Morgan fingerprint density at radius 1 is 1.10 bits per heavy atom. The molecule has 1 N–H and O–H groups in total. The van der Waals surface area contributed by atoms with Gasteiger partial charge in [0.15, 0.2) is 5.79 Å². The first kappa shape index (κ1) is 27.9. The second-order valence-corrected chi connectivity index (χ2v) is 15.0. The molecule has 2 aliphatic heterocycles. The van der Waals surface area contributed by atoms with Crippen molar-refractivity contribution >= 4 is 6.09 Å². The van der Waals surface area contributed by atoms with Crippen molar-refractivity contribution in [1.82, 2.24) is 5.32 Å². The van der Waals surface area contributed by atoms with Gasteiger partial charge in [-0.3, -0.25) is 0 Å². The second kappa shape index (κ2) is 10.1. The lowest BCUT2D eigenvalue weighted by molar-refractivity contribution is -0.272. The quantitative estimate of drug-likeness (QED) is 0.380. The third-order valence-corrected chi connectivity index (χ3v) is 13.0. The van der Waals surface area contributed by atoms with Gasteiger partial charge in [0, 0.05) is 30.9 Å². The molecule has 6 heteroatoms. The van der Waals surface area contributed by atoms with E-state index in [1.165, 1.54) is 37.3 Å². The van der Waals surface area contributed by atoms with Crippen molar-refractivity contribution in [3.63, 3.8) is 0 Å². The first-order chi connectivity index (χ1) is 19.6. The zero-order chi connectivity index (χ0) is 28.6. The zero-order valence-corrected chi connectivity index (χ0v) is 25.3. The number of hydrogen-bond acceptors (Lipinski definition) is 4. The highest BCUT2D eigenvalue weighted by Gasteiger charge is 2.68. The largest absolute Gasteiger partial charge is 0.446 e. The SMILES string of the molecule is C[C@@H]1CC[C@@]2(OC1)O[C@H]1C[C@H]3[C@@H]4CC=C5C[C@@H](OC(=O)NCc6ccccc6F)CC[C@]5(C)[C@H]4CC[C@]3(C)[C@H]1[C@@H]2C. The summed E-state index contributed by atoms with van der Waals surface area (Å²) in [6.07, 6.45) is 12.2. The van der Waals surface area contributed by atoms with E-state index in [2.05, 4.69) is 39.1 Å². The summed E-state index contributed by atoms with van der Waals surface area (Å²) in [7, 11) is 0. The lowest BCUT2D eigenvalue weighted by atomic mass is 9.47. The van der Waals surface area contributed by atoms with E-state index in [9.17, 15) is 9.18 Å². The van der Waals surface area contributed by atoms with Gasteiger partial charge < -0.3 is 19.5 Å². The summed E-state index contributed by atoms with van der Waals surface area (Å²) >= 11 is 0. The van der Waals surface area contributed by atoms with Gasteiger partial charge in [-0.05, 0) is 91.4 Å². The van der Waals surface area contributed by atoms with Gasteiger partial charge in [0.2, 0.25) is 0 Å². The number of allylic oxidation sites excluding steroid dienone is 1. The average molecular weight is 566 g/mol. The van der Waals surface area contributed by atoms with E-state index in [0.29, 0.717) is 52.6 Å². The maximum Gasteiger partial charge on any atom is 0.407 e. The maximum atomic E-state index is 13.9. The Morgan fingerprint density at radius 2 is 1.93 bits per heavy atom. The van der Waals surface area contributed by atoms with Crippen LogP contribution in [0.4, 0.5) is 9.18 Å². The van der Waals surface area contributed by atoms with E-state index >= 15 is 0 Å². The van der Waals surface area contributed by atoms with E-state index in [1.807, 2.05) is 0 Å². The van der Waals surface area contributed by atoms with Crippen LogP contribution in [0.15, 0.2) is 35.9 Å². The van der Waals surface area contributed by atoms with Gasteiger partial charge in [0.1, 0.15) is 11.9 Å². The summed E-state index contributed by atoms with van der Waals surface area (Å²) in [5, 5.41) is 2.75. The molecule has 6 aliphatic rings. The number of alkyl carbamates (subject to hydrolysis) is 1. The van der Waals surface area contributed by atoms with Gasteiger partial charge in [0.05, 0.1) is 12.7 Å². The minimum Gasteiger partial charge on any atom is -0.446 e. The molecule has 11 atom stereocenters. The van der Waals surface area contributed by atoms with Crippen LogP contribution in [0.2, 0.25) is 0 Å². The highest BCUT2D eigenvalue weighted by molar-refractivity contribution is 5.67. The Labute approximate surface area is 245 Å². The molecular formula is C35H48FNO4. The third kappa shape index (κ3) is 4.41. The molecule has 224 valence electrons. The predicted molar refractivity (Wildman–Crippen MR) is 155 cm³/mol. The summed E-state index contributed by atoms with van der Waals surface area (Å²) in [6, 6.07) is 6.53. The summed E-state index contributed by atoms with van der Waals surface area (Å²) in [5.74, 6) is 3.11. The van der Waals surface area contributed by atoms with Crippen LogP contribution in [0, 0.1) is 52.2 Å². The minimum atomic E-state index is -0.453. The molecule has 5 fully saturated rings. The molecular weight excluding hydrogens is 517 g/mol. The van der Waals surface area contributed by atoms with Gasteiger partial charge in [0.25, 0.3) is 0 Å². The smallest absolute Gasteiger partial charge is 0.407 e. The number of carbonyl (C=O) groups is 1. The molecule has 7 rings (SSSR count). The predicted octanol–water partition coefficient (Wildman–Crippen LogP) is 7.79. The average Bonchev–Trinajstić information content (AvgIpc) is 3.40. The normalized spacial score (nSPS) is 46.6. The number of halogens is 1. The standard InChI is InChI=1S/C35H48FNO4/c1-21-11-16-35(39-20-21)22(2)31-30(41-35)18-28-26-10-9-24-17-25(12-14-33(24,3)27(26)13-15-34(28,31)4)40-32(38)37-19-23-7-5-6-8-29(23)36/h5-9,21-22,25-28,30-31H,10-20H2,1-4H3,(H,37,38)/t21-,22+,25+,26-,27+,28+,30+,31+,33+,34+,35-/m1/s1. The molecule has 0 unspecified atom stereocenters. The molecule has 5 nitrogen and oxygen atoms in total. The van der Waals surface area contributed by atoms with E-state index in [0.717, 1.165) is 38.7 Å². The van der Waals surface area contributed by atoms with Crippen molar-refractivity contribution in [3.8, 4) is 0 Å². The Kier molecular flexibility index (Phi) is 6.85. The van der Waals surface area contributed by atoms with Crippen molar-refractivity contribution in [2.24, 2.45) is 46.3 Å². The van der Waals surface area contributed by atoms with Crippen molar-refractivity contribution < 1.29 is 23.4 Å². The maximum absolute atomic E-state index is 13.9. The van der Waals surface area contributed by atoms with Crippen LogP contribution in [0.5, 0.6) is 0 Å². The number of ether oxygens (including phenoxy) is 3. The van der Waals surface area contributed by atoms with Crippen LogP contribution >= 0.6 is 0 Å². The first-order valence-corrected chi connectivity index (χ1v) is 16.3. The Balaban J connectivity index is 1.01. The van der Waals surface area contributed by atoms with Crippen molar-refractivity contribution in [3.05, 3.63) is 47.3 Å². The van der Waals surface area contributed by atoms with Gasteiger partial charge in [-0.2, -0.15) is 0 Å². The van der Waals surface area contributed by atoms with Crippen LogP contribution in [-0.2, 0) is 20.8 Å². The fraction of sp³-hybridized carbons (Fsp3) is 0.743. The number of fused-ring (bicyclic) bond motifs is 7. The molecule has 1 spiro atoms. The van der Waals surface area contributed by atoms with Crippen LogP contribution in [-0.4, -0.2) is 30.7 Å². The van der Waals surface area contributed by atoms with Crippen LogP contribution in [0.25, 0.3) is 0 Å².